The minimum Gasteiger partial charge on any atom is -0.496 e. The Hall–Kier alpha value is -3.15. The van der Waals surface area contributed by atoms with Gasteiger partial charge in [-0.1, -0.05) is 6.07 Å². The summed E-state index contributed by atoms with van der Waals surface area (Å²) in [5.41, 5.74) is 6.48. The second kappa shape index (κ2) is 6.87. The number of hydrogen-bond acceptors (Lipinski definition) is 4. The third-order valence-corrected chi connectivity index (χ3v) is 5.10. The molecule has 138 valence electrons. The molecular formula is C21H21N3O3. The number of ether oxygens (including phenoxy) is 1. The predicted octanol–water partition coefficient (Wildman–Crippen LogP) is 3.27. The number of pyridine rings is 1. The van der Waals surface area contributed by atoms with Crippen molar-refractivity contribution in [2.45, 2.75) is 25.7 Å². The maximum atomic E-state index is 11.7. The van der Waals surface area contributed by atoms with Gasteiger partial charge in [-0.25, -0.2) is 4.79 Å². The van der Waals surface area contributed by atoms with Crippen LogP contribution in [-0.4, -0.2) is 33.0 Å². The van der Waals surface area contributed by atoms with E-state index in [1.54, 1.807) is 24.1 Å². The second-order valence-electron chi connectivity index (χ2n) is 6.86. The van der Waals surface area contributed by atoms with Crippen LogP contribution in [0.1, 0.15) is 39.0 Å². The first-order chi connectivity index (χ1) is 13.1. The number of carboxylic acid groups (broad SMARTS) is 1. The summed E-state index contributed by atoms with van der Waals surface area (Å²) in [5.74, 6) is -0.434. The van der Waals surface area contributed by atoms with Crippen LogP contribution in [0.4, 0.5) is 0 Å². The van der Waals surface area contributed by atoms with Gasteiger partial charge in [-0.15, -0.1) is 0 Å². The Kier molecular flexibility index (Phi) is 4.39. The first-order valence-electron chi connectivity index (χ1n) is 8.95. The molecule has 1 aliphatic carbocycles. The van der Waals surface area contributed by atoms with Crippen LogP contribution >= 0.6 is 0 Å². The molecule has 3 aromatic rings. The van der Waals surface area contributed by atoms with Crippen molar-refractivity contribution in [1.29, 1.82) is 0 Å². The summed E-state index contributed by atoms with van der Waals surface area (Å²) < 4.78 is 7.17. The molecule has 0 aliphatic heterocycles. The molecule has 0 atom stereocenters. The molecule has 27 heavy (non-hydrogen) atoms. The van der Waals surface area contributed by atoms with Crippen molar-refractivity contribution in [1.82, 2.24) is 14.8 Å². The van der Waals surface area contributed by atoms with Crippen LogP contribution in [0, 0.1) is 0 Å². The normalized spacial score (nSPS) is 12.8. The number of carboxylic acids is 1. The van der Waals surface area contributed by atoms with Crippen molar-refractivity contribution >= 4 is 5.97 Å². The quantitative estimate of drug-likeness (QED) is 0.753. The highest BCUT2D eigenvalue weighted by Gasteiger charge is 2.25. The van der Waals surface area contributed by atoms with Crippen molar-refractivity contribution in [2.75, 3.05) is 7.11 Å². The maximum absolute atomic E-state index is 11.7. The lowest BCUT2D eigenvalue weighted by Crippen LogP contribution is -2.07. The van der Waals surface area contributed by atoms with Gasteiger partial charge in [0.15, 0.2) is 0 Å². The molecule has 4 rings (SSSR count). The summed E-state index contributed by atoms with van der Waals surface area (Å²) in [7, 11) is 3.42. The fraction of sp³-hybridized carbons (Fsp3) is 0.286. The zero-order valence-corrected chi connectivity index (χ0v) is 15.4. The molecule has 0 radical (unpaired) electrons. The summed E-state index contributed by atoms with van der Waals surface area (Å²) in [4.78, 5) is 16.2. The number of fused-ring (bicyclic) bond motifs is 1. The van der Waals surface area contributed by atoms with Gasteiger partial charge < -0.3 is 9.84 Å². The predicted molar refractivity (Wildman–Crippen MR) is 101 cm³/mol. The van der Waals surface area contributed by atoms with Gasteiger partial charge in [0.05, 0.1) is 19.0 Å². The summed E-state index contributed by atoms with van der Waals surface area (Å²) in [6, 6.07) is 5.79. The summed E-state index contributed by atoms with van der Waals surface area (Å²) in [6.45, 7) is 0. The largest absolute Gasteiger partial charge is 0.496 e. The maximum Gasteiger partial charge on any atom is 0.339 e. The molecule has 1 aromatic carbocycles. The van der Waals surface area contributed by atoms with E-state index in [1.807, 2.05) is 31.6 Å². The van der Waals surface area contributed by atoms with Crippen molar-refractivity contribution in [3.8, 4) is 17.0 Å². The fourth-order valence-electron chi connectivity index (χ4n) is 3.86. The average molecular weight is 363 g/mol. The highest BCUT2D eigenvalue weighted by Crippen LogP contribution is 2.37. The van der Waals surface area contributed by atoms with Crippen LogP contribution in [-0.2, 0) is 26.3 Å². The molecule has 0 spiro atoms. The van der Waals surface area contributed by atoms with E-state index < -0.39 is 5.97 Å². The van der Waals surface area contributed by atoms with Gasteiger partial charge >= 0.3 is 5.97 Å². The van der Waals surface area contributed by atoms with Gasteiger partial charge in [0.25, 0.3) is 0 Å². The number of hydrogen-bond donors (Lipinski definition) is 1. The molecule has 0 fully saturated rings. The van der Waals surface area contributed by atoms with E-state index >= 15 is 0 Å². The standard InChI is InChI=1S/C21H21N3O3/c1-24-12-15(11-23-24)19-7-6-13(10-22-19)8-14-9-18(21(25)26)20(27-2)17-5-3-4-16(14)17/h6-7,9-12H,3-5,8H2,1-2H3,(H,25,26). The number of rotatable bonds is 5. The van der Waals surface area contributed by atoms with Crippen LogP contribution in [0.25, 0.3) is 11.3 Å². The highest BCUT2D eigenvalue weighted by molar-refractivity contribution is 5.92. The molecule has 2 aromatic heterocycles. The lowest BCUT2D eigenvalue weighted by atomic mass is 9.94. The Morgan fingerprint density at radius 3 is 2.70 bits per heavy atom. The van der Waals surface area contributed by atoms with Crippen molar-refractivity contribution in [3.63, 3.8) is 0 Å². The van der Waals surface area contributed by atoms with Gasteiger partial charge in [-0.05, 0) is 60.1 Å². The number of carbonyl (C=O) groups is 1. The first-order valence-corrected chi connectivity index (χ1v) is 8.95. The third kappa shape index (κ3) is 3.18. The lowest BCUT2D eigenvalue weighted by molar-refractivity contribution is 0.0693. The molecule has 0 amide bonds. The number of benzene rings is 1. The Balaban J connectivity index is 1.67. The molecule has 6 nitrogen and oxygen atoms in total. The van der Waals surface area contributed by atoms with Crippen LogP contribution in [0.2, 0.25) is 0 Å². The van der Waals surface area contributed by atoms with E-state index in [-0.39, 0.29) is 5.56 Å². The minimum absolute atomic E-state index is 0.244. The topological polar surface area (TPSA) is 77.2 Å². The van der Waals surface area contributed by atoms with Gasteiger partial charge in [0, 0.05) is 25.0 Å². The van der Waals surface area contributed by atoms with Gasteiger partial charge in [0.2, 0.25) is 0 Å². The molecule has 1 N–H and O–H groups in total. The Morgan fingerprint density at radius 1 is 1.26 bits per heavy atom. The molecule has 1 aliphatic rings. The zero-order chi connectivity index (χ0) is 19.0. The number of methoxy groups -OCH3 is 1. The van der Waals surface area contributed by atoms with Gasteiger partial charge in [-0.3, -0.25) is 9.67 Å². The second-order valence-corrected chi connectivity index (χ2v) is 6.86. The molecular weight excluding hydrogens is 342 g/mol. The molecule has 2 heterocycles. The Morgan fingerprint density at radius 2 is 2.07 bits per heavy atom. The number of aryl methyl sites for hydroxylation is 1. The fourth-order valence-corrected chi connectivity index (χ4v) is 3.86. The van der Waals surface area contributed by atoms with Crippen molar-refractivity contribution in [2.24, 2.45) is 7.05 Å². The molecule has 6 heteroatoms. The first kappa shape index (κ1) is 17.3. The molecule has 0 bridgehead atoms. The monoisotopic (exact) mass is 363 g/mol. The van der Waals surface area contributed by atoms with E-state index in [0.29, 0.717) is 12.2 Å². The van der Waals surface area contributed by atoms with E-state index in [9.17, 15) is 9.90 Å². The SMILES string of the molecule is COc1c(C(=O)O)cc(Cc2ccc(-c3cnn(C)c3)nc2)c2c1CCC2. The van der Waals surface area contributed by atoms with Crippen molar-refractivity contribution < 1.29 is 14.6 Å². The summed E-state index contributed by atoms with van der Waals surface area (Å²) in [6.07, 6.45) is 9.09. The zero-order valence-electron chi connectivity index (χ0n) is 15.4. The third-order valence-electron chi connectivity index (χ3n) is 5.10. The van der Waals surface area contributed by atoms with Gasteiger partial charge in [0.1, 0.15) is 11.3 Å². The van der Waals surface area contributed by atoms with Crippen LogP contribution in [0.5, 0.6) is 5.75 Å². The summed E-state index contributed by atoms with van der Waals surface area (Å²) in [5, 5.41) is 13.8. The molecule has 0 unspecified atom stereocenters. The highest BCUT2D eigenvalue weighted by atomic mass is 16.5. The Labute approximate surface area is 157 Å². The van der Waals surface area contributed by atoms with Crippen LogP contribution < -0.4 is 4.74 Å². The number of aromatic carboxylic acids is 1. The average Bonchev–Trinajstić information content (AvgIpc) is 3.31. The lowest BCUT2D eigenvalue weighted by Gasteiger charge is -2.15. The number of nitrogens with zero attached hydrogens (tertiary/aromatic N) is 3. The smallest absolute Gasteiger partial charge is 0.339 e. The van der Waals surface area contributed by atoms with E-state index in [4.69, 9.17) is 4.74 Å². The molecule has 0 saturated heterocycles. The molecule has 0 saturated carbocycles. The van der Waals surface area contributed by atoms with Crippen molar-refractivity contribution in [3.05, 3.63) is 64.6 Å². The summed E-state index contributed by atoms with van der Waals surface area (Å²) >= 11 is 0. The van der Waals surface area contributed by atoms with E-state index in [1.165, 1.54) is 5.56 Å². The number of aromatic nitrogens is 3. The minimum atomic E-state index is -0.951. The van der Waals surface area contributed by atoms with Crippen LogP contribution in [0.3, 0.4) is 0 Å². The Bertz CT molecular complexity index is 1010. The van der Waals surface area contributed by atoms with Crippen LogP contribution in [0.15, 0.2) is 36.8 Å². The van der Waals surface area contributed by atoms with Gasteiger partial charge in [-0.2, -0.15) is 5.10 Å². The van der Waals surface area contributed by atoms with E-state index in [0.717, 1.165) is 47.2 Å². The van der Waals surface area contributed by atoms with E-state index in [2.05, 4.69) is 10.1 Å².